The number of benzene rings is 3. The highest BCUT2D eigenvalue weighted by atomic mass is 16.6. The Bertz CT molecular complexity index is 1440. The summed E-state index contributed by atoms with van der Waals surface area (Å²) in [4.78, 5) is 55.0. The lowest BCUT2D eigenvalue weighted by atomic mass is 9.66. The van der Waals surface area contributed by atoms with E-state index in [-0.39, 0.29) is 12.1 Å². The second-order valence-electron chi connectivity index (χ2n) is 9.33. The highest BCUT2D eigenvalue weighted by molar-refractivity contribution is 6.31. The number of imide groups is 2. The van der Waals surface area contributed by atoms with Crippen LogP contribution < -0.4 is 15.1 Å². The number of rotatable bonds is 3. The molecule has 0 unspecified atom stereocenters. The van der Waals surface area contributed by atoms with E-state index in [0.717, 1.165) is 10.5 Å². The molecule has 9 heteroatoms. The second-order valence-corrected chi connectivity index (χ2v) is 9.33. The molecule has 1 fully saturated rings. The second kappa shape index (κ2) is 8.30. The number of carbonyl (C=O) groups excluding carboxylic acids is 3. The van der Waals surface area contributed by atoms with Crippen molar-refractivity contribution in [3.8, 4) is 0 Å². The highest BCUT2D eigenvalue weighted by Crippen LogP contribution is 2.52. The first kappa shape index (κ1) is 23.2. The maximum atomic E-state index is 14.4. The van der Waals surface area contributed by atoms with Crippen LogP contribution in [-0.2, 0) is 16.0 Å². The van der Waals surface area contributed by atoms with Gasteiger partial charge in [-0.05, 0) is 42.7 Å². The number of amides is 4. The number of nitro benzene ring substituents is 1. The summed E-state index contributed by atoms with van der Waals surface area (Å²) in [7, 11) is 1.75. The van der Waals surface area contributed by atoms with Gasteiger partial charge in [-0.1, -0.05) is 48.0 Å². The van der Waals surface area contributed by atoms with Gasteiger partial charge in [0.05, 0.1) is 16.7 Å². The molecule has 2 atom stereocenters. The van der Waals surface area contributed by atoms with Gasteiger partial charge in [0.15, 0.2) is 5.41 Å². The zero-order chi connectivity index (χ0) is 25.8. The number of aryl methyl sites for hydroxylation is 2. The van der Waals surface area contributed by atoms with Crippen LogP contribution in [0.5, 0.6) is 0 Å². The van der Waals surface area contributed by atoms with E-state index in [4.69, 9.17) is 0 Å². The average Bonchev–Trinajstić information content (AvgIpc) is 2.84. The van der Waals surface area contributed by atoms with Crippen molar-refractivity contribution >= 4 is 34.9 Å². The number of urea groups is 1. The molecule has 0 saturated carbocycles. The van der Waals surface area contributed by atoms with Gasteiger partial charge in [-0.25, -0.2) is 9.69 Å². The Morgan fingerprint density at radius 3 is 2.33 bits per heavy atom. The number of hydrogen-bond donors (Lipinski definition) is 1. The number of carbonyl (C=O) groups is 3. The molecule has 1 N–H and O–H groups in total. The van der Waals surface area contributed by atoms with Crippen molar-refractivity contribution < 1.29 is 19.3 Å². The molecule has 0 radical (unpaired) electrons. The molecule has 1 saturated heterocycles. The lowest BCUT2D eigenvalue weighted by molar-refractivity contribution is -0.384. The van der Waals surface area contributed by atoms with Crippen molar-refractivity contribution in [2.75, 3.05) is 16.8 Å². The summed E-state index contributed by atoms with van der Waals surface area (Å²) < 4.78 is 0. The topological polar surface area (TPSA) is 113 Å². The Morgan fingerprint density at radius 2 is 1.67 bits per heavy atom. The van der Waals surface area contributed by atoms with Crippen LogP contribution in [0.3, 0.4) is 0 Å². The van der Waals surface area contributed by atoms with E-state index in [2.05, 4.69) is 5.32 Å². The van der Waals surface area contributed by atoms with Gasteiger partial charge >= 0.3 is 6.03 Å². The van der Waals surface area contributed by atoms with Gasteiger partial charge in [0.25, 0.3) is 11.6 Å². The first-order chi connectivity index (χ1) is 17.1. The van der Waals surface area contributed by atoms with Crippen LogP contribution in [0.15, 0.2) is 66.7 Å². The Labute approximate surface area is 207 Å². The lowest BCUT2D eigenvalue weighted by Crippen LogP contribution is -2.69. The van der Waals surface area contributed by atoms with Crippen LogP contribution in [0.2, 0.25) is 0 Å². The summed E-state index contributed by atoms with van der Waals surface area (Å²) in [5, 5.41) is 13.9. The number of anilines is 2. The molecule has 1 spiro atoms. The fraction of sp³-hybridized carbons (Fsp3) is 0.222. The summed E-state index contributed by atoms with van der Waals surface area (Å²) in [5.74, 6) is -1.39. The van der Waals surface area contributed by atoms with E-state index in [1.54, 1.807) is 37.1 Å². The minimum Gasteiger partial charge on any atom is -0.366 e. The molecule has 2 aliphatic heterocycles. The third-order valence-electron chi connectivity index (χ3n) is 7.10. The fourth-order valence-electron chi connectivity index (χ4n) is 5.51. The molecule has 5 rings (SSSR count). The van der Waals surface area contributed by atoms with Crippen molar-refractivity contribution in [1.82, 2.24) is 5.32 Å². The van der Waals surface area contributed by atoms with E-state index in [0.29, 0.717) is 28.1 Å². The number of nitrogens with zero attached hydrogens (tertiary/aromatic N) is 3. The van der Waals surface area contributed by atoms with E-state index >= 15 is 0 Å². The standard InChI is InChI=1S/C27H24N4O5/c1-16-9-11-21(17(2)13-16)30-25(33)27(24(32)28-26(30)34)15-19-14-20(31(35)36)10-12-22(19)29(3)23(27)18-7-5-4-6-8-18/h4-14,23H,15H2,1-3H3,(H,28,32,34)/t23-,27+/m0/s1. The van der Waals surface area contributed by atoms with Gasteiger partial charge in [-0.15, -0.1) is 0 Å². The molecule has 2 aliphatic rings. The molecule has 3 aromatic rings. The number of hydrogen-bond acceptors (Lipinski definition) is 6. The maximum Gasteiger partial charge on any atom is 0.335 e. The van der Waals surface area contributed by atoms with Crippen LogP contribution in [0.1, 0.15) is 28.3 Å². The number of nitrogens with one attached hydrogen (secondary N) is 1. The fourth-order valence-corrected chi connectivity index (χ4v) is 5.51. The van der Waals surface area contributed by atoms with Gasteiger partial charge in [0.1, 0.15) is 0 Å². The summed E-state index contributed by atoms with van der Waals surface area (Å²) in [6, 6.07) is 17.3. The maximum absolute atomic E-state index is 14.4. The van der Waals surface area contributed by atoms with Crippen molar-refractivity contribution in [3.63, 3.8) is 0 Å². The third kappa shape index (κ3) is 3.35. The smallest absolute Gasteiger partial charge is 0.335 e. The zero-order valence-electron chi connectivity index (χ0n) is 20.0. The van der Waals surface area contributed by atoms with Gasteiger partial charge in [0.2, 0.25) is 5.91 Å². The predicted molar refractivity (Wildman–Crippen MR) is 134 cm³/mol. The van der Waals surface area contributed by atoms with Gasteiger partial charge in [-0.2, -0.15) is 0 Å². The molecule has 9 nitrogen and oxygen atoms in total. The molecule has 3 aromatic carbocycles. The molecule has 2 heterocycles. The minimum atomic E-state index is -1.75. The summed E-state index contributed by atoms with van der Waals surface area (Å²) >= 11 is 0. The van der Waals surface area contributed by atoms with Crippen LogP contribution in [0.4, 0.5) is 21.9 Å². The molecular formula is C27H24N4O5. The van der Waals surface area contributed by atoms with Gasteiger partial charge < -0.3 is 4.90 Å². The average molecular weight is 485 g/mol. The summed E-state index contributed by atoms with van der Waals surface area (Å²) in [6.07, 6.45) is -0.104. The molecule has 0 aromatic heterocycles. The Hall–Kier alpha value is -4.53. The van der Waals surface area contributed by atoms with Crippen molar-refractivity contribution in [2.24, 2.45) is 5.41 Å². The summed E-state index contributed by atoms with van der Waals surface area (Å²) in [6.45, 7) is 3.71. The number of barbiturate groups is 1. The molecule has 4 amide bonds. The van der Waals surface area contributed by atoms with Crippen molar-refractivity contribution in [3.05, 3.63) is 99.1 Å². The molecule has 182 valence electrons. The highest BCUT2D eigenvalue weighted by Gasteiger charge is 2.62. The number of non-ortho nitro benzene ring substituents is 1. The molecule has 0 bridgehead atoms. The molecule has 0 aliphatic carbocycles. The van der Waals surface area contributed by atoms with Crippen LogP contribution in [0, 0.1) is 29.4 Å². The largest absolute Gasteiger partial charge is 0.366 e. The van der Waals surface area contributed by atoms with Crippen LogP contribution in [0.25, 0.3) is 0 Å². The third-order valence-corrected chi connectivity index (χ3v) is 7.10. The predicted octanol–water partition coefficient (Wildman–Crippen LogP) is 4.21. The van der Waals surface area contributed by atoms with Gasteiger partial charge in [0, 0.05) is 31.3 Å². The van der Waals surface area contributed by atoms with Gasteiger partial charge in [-0.3, -0.25) is 25.0 Å². The Kier molecular flexibility index (Phi) is 5.35. The zero-order valence-corrected chi connectivity index (χ0v) is 20.0. The first-order valence-corrected chi connectivity index (χ1v) is 11.5. The molecule has 36 heavy (non-hydrogen) atoms. The van der Waals surface area contributed by atoms with Crippen LogP contribution in [-0.4, -0.2) is 29.8 Å². The lowest BCUT2D eigenvalue weighted by Gasteiger charge is -2.51. The monoisotopic (exact) mass is 484 g/mol. The first-order valence-electron chi connectivity index (χ1n) is 11.5. The van der Waals surface area contributed by atoms with E-state index in [9.17, 15) is 24.5 Å². The SMILES string of the molecule is Cc1ccc(N2C(=O)NC(=O)[C@]3(Cc4cc([N+](=O)[O-])ccc4N(C)[C@H]3c3ccccc3)C2=O)c(C)c1. The van der Waals surface area contributed by atoms with Crippen molar-refractivity contribution in [1.29, 1.82) is 0 Å². The quantitative estimate of drug-likeness (QED) is 0.338. The Morgan fingerprint density at radius 1 is 0.972 bits per heavy atom. The normalized spacial score (nSPS) is 21.4. The van der Waals surface area contributed by atoms with Crippen LogP contribution >= 0.6 is 0 Å². The number of nitro groups is 1. The number of fused-ring (bicyclic) bond motifs is 1. The Balaban J connectivity index is 1.75. The van der Waals surface area contributed by atoms with E-state index in [1.165, 1.54) is 12.1 Å². The van der Waals surface area contributed by atoms with E-state index in [1.807, 2.05) is 43.3 Å². The molecular weight excluding hydrogens is 460 g/mol. The minimum absolute atomic E-state index is 0.104. The van der Waals surface area contributed by atoms with Crippen molar-refractivity contribution in [2.45, 2.75) is 26.3 Å². The summed E-state index contributed by atoms with van der Waals surface area (Å²) in [5.41, 5.74) is 2.04. The van der Waals surface area contributed by atoms with E-state index < -0.39 is 34.2 Å².